The first-order valence-electron chi connectivity index (χ1n) is 5.10. The molecule has 0 aromatic heterocycles. The molecular weight excluding hydrogens is 236 g/mol. The van der Waals surface area contributed by atoms with Gasteiger partial charge in [-0.25, -0.2) is 0 Å². The van der Waals surface area contributed by atoms with E-state index >= 15 is 0 Å². The summed E-state index contributed by atoms with van der Waals surface area (Å²) >= 11 is 5.78. The van der Waals surface area contributed by atoms with Gasteiger partial charge in [-0.05, 0) is 35.4 Å². The van der Waals surface area contributed by atoms with E-state index in [1.807, 2.05) is 24.3 Å². The van der Waals surface area contributed by atoms with Gasteiger partial charge >= 0.3 is 0 Å². The lowest BCUT2D eigenvalue weighted by atomic mass is 10.1. The van der Waals surface area contributed by atoms with E-state index in [0.29, 0.717) is 5.02 Å². The fraction of sp³-hybridized carbons (Fsp3) is 0. The van der Waals surface area contributed by atoms with Crippen LogP contribution < -0.4 is 0 Å². The number of halogens is 1. The molecule has 0 heterocycles. The van der Waals surface area contributed by atoms with Gasteiger partial charge in [0, 0.05) is 11.1 Å². The van der Waals surface area contributed by atoms with E-state index in [4.69, 9.17) is 11.6 Å². The molecule has 0 spiro atoms. The highest BCUT2D eigenvalue weighted by Crippen LogP contribution is 2.22. The Bertz CT molecular complexity index is 524. The summed E-state index contributed by atoms with van der Waals surface area (Å²) in [4.78, 5) is 0. The quantitative estimate of drug-likeness (QED) is 0.789. The minimum absolute atomic E-state index is 0.0424. The second kappa shape index (κ2) is 4.93. The number of aromatic hydroxyl groups is 2. The molecule has 0 bridgehead atoms. The first-order chi connectivity index (χ1) is 8.13. The normalized spacial score (nSPS) is 10.9. The second-order valence-electron chi connectivity index (χ2n) is 3.67. The third kappa shape index (κ3) is 3.26. The van der Waals surface area contributed by atoms with Gasteiger partial charge in [0.25, 0.3) is 0 Å². The van der Waals surface area contributed by atoms with Crippen molar-refractivity contribution in [2.24, 2.45) is 0 Å². The van der Waals surface area contributed by atoms with E-state index in [1.165, 1.54) is 6.07 Å². The van der Waals surface area contributed by atoms with Crippen LogP contribution in [0.15, 0.2) is 42.5 Å². The average Bonchev–Trinajstić information content (AvgIpc) is 2.27. The number of rotatable bonds is 2. The number of hydrogen-bond acceptors (Lipinski definition) is 2. The average molecular weight is 247 g/mol. The summed E-state index contributed by atoms with van der Waals surface area (Å²) in [5.41, 5.74) is 1.73. The van der Waals surface area contributed by atoms with Crippen molar-refractivity contribution in [3.05, 3.63) is 58.6 Å². The Labute approximate surface area is 104 Å². The molecule has 0 unspecified atom stereocenters. The predicted molar refractivity (Wildman–Crippen MR) is 70.2 cm³/mol. The maximum Gasteiger partial charge on any atom is 0.119 e. The van der Waals surface area contributed by atoms with Crippen LogP contribution in [0.3, 0.4) is 0 Å². The van der Waals surface area contributed by atoms with Crippen molar-refractivity contribution in [2.75, 3.05) is 0 Å². The van der Waals surface area contributed by atoms with Crippen LogP contribution in [-0.4, -0.2) is 10.2 Å². The molecule has 0 atom stereocenters. The minimum atomic E-state index is 0.0424. The maximum atomic E-state index is 9.32. The monoisotopic (exact) mass is 246 g/mol. The van der Waals surface area contributed by atoms with Gasteiger partial charge in [0.2, 0.25) is 0 Å². The second-order valence-corrected chi connectivity index (χ2v) is 4.10. The lowest BCUT2D eigenvalue weighted by Gasteiger charge is -1.98. The molecule has 2 rings (SSSR count). The van der Waals surface area contributed by atoms with Crippen molar-refractivity contribution in [3.63, 3.8) is 0 Å². The first kappa shape index (κ1) is 11.6. The number of benzene rings is 2. The number of hydrogen-bond donors (Lipinski definition) is 2. The molecule has 17 heavy (non-hydrogen) atoms. The zero-order chi connectivity index (χ0) is 12.3. The van der Waals surface area contributed by atoms with E-state index in [-0.39, 0.29) is 11.5 Å². The van der Waals surface area contributed by atoms with Crippen LogP contribution in [0.4, 0.5) is 0 Å². The lowest BCUT2D eigenvalue weighted by Crippen LogP contribution is -1.74. The van der Waals surface area contributed by atoms with E-state index in [9.17, 15) is 10.2 Å². The molecule has 2 aromatic carbocycles. The zero-order valence-corrected chi connectivity index (χ0v) is 9.72. The largest absolute Gasteiger partial charge is 0.508 e. The van der Waals surface area contributed by atoms with Crippen LogP contribution in [0.2, 0.25) is 5.02 Å². The standard InChI is InChI=1S/C14H11ClO2/c15-12-5-3-10(4-6-12)1-2-11-7-13(16)9-14(17)8-11/h1-9,16-17H/b2-1-. The molecule has 0 fully saturated rings. The summed E-state index contributed by atoms with van der Waals surface area (Å²) in [5.74, 6) is 0.0847. The molecule has 0 saturated carbocycles. The topological polar surface area (TPSA) is 40.5 Å². The van der Waals surface area contributed by atoms with Crippen molar-refractivity contribution < 1.29 is 10.2 Å². The van der Waals surface area contributed by atoms with Crippen molar-refractivity contribution in [1.29, 1.82) is 0 Å². The molecule has 0 saturated heterocycles. The Hall–Kier alpha value is -1.93. The van der Waals surface area contributed by atoms with Crippen LogP contribution >= 0.6 is 11.6 Å². The molecule has 2 nitrogen and oxygen atoms in total. The highest BCUT2D eigenvalue weighted by molar-refractivity contribution is 6.30. The van der Waals surface area contributed by atoms with Gasteiger partial charge in [0.15, 0.2) is 0 Å². The van der Waals surface area contributed by atoms with E-state index < -0.39 is 0 Å². The van der Waals surface area contributed by atoms with Gasteiger partial charge in [-0.3, -0.25) is 0 Å². The summed E-state index contributed by atoms with van der Waals surface area (Å²) in [7, 11) is 0. The Morgan fingerprint density at radius 1 is 0.765 bits per heavy atom. The van der Waals surface area contributed by atoms with Gasteiger partial charge in [-0.15, -0.1) is 0 Å². The van der Waals surface area contributed by atoms with Crippen LogP contribution in [-0.2, 0) is 0 Å². The van der Waals surface area contributed by atoms with Gasteiger partial charge in [0.05, 0.1) is 0 Å². The predicted octanol–water partition coefficient (Wildman–Crippen LogP) is 3.92. The van der Waals surface area contributed by atoms with Crippen molar-refractivity contribution in [1.82, 2.24) is 0 Å². The van der Waals surface area contributed by atoms with Gasteiger partial charge in [0.1, 0.15) is 11.5 Å². The van der Waals surface area contributed by atoms with Crippen LogP contribution in [0.5, 0.6) is 11.5 Å². The maximum absolute atomic E-state index is 9.32. The van der Waals surface area contributed by atoms with Crippen molar-refractivity contribution >= 4 is 23.8 Å². The third-order valence-corrected chi connectivity index (χ3v) is 2.52. The molecular formula is C14H11ClO2. The third-order valence-electron chi connectivity index (χ3n) is 2.26. The molecule has 86 valence electrons. The SMILES string of the molecule is Oc1cc(O)cc(/C=C\c2ccc(Cl)cc2)c1. The van der Waals surface area contributed by atoms with E-state index in [2.05, 4.69) is 0 Å². The van der Waals surface area contributed by atoms with E-state index in [1.54, 1.807) is 24.3 Å². The van der Waals surface area contributed by atoms with Crippen LogP contribution in [0, 0.1) is 0 Å². The molecule has 0 aliphatic heterocycles. The Kier molecular flexibility index (Phi) is 3.35. The zero-order valence-electron chi connectivity index (χ0n) is 8.97. The highest BCUT2D eigenvalue weighted by Gasteiger charge is 1.95. The lowest BCUT2D eigenvalue weighted by molar-refractivity contribution is 0.450. The minimum Gasteiger partial charge on any atom is -0.508 e. The fourth-order valence-electron chi connectivity index (χ4n) is 1.48. The molecule has 0 aliphatic rings. The van der Waals surface area contributed by atoms with E-state index in [0.717, 1.165) is 11.1 Å². The van der Waals surface area contributed by atoms with Gasteiger partial charge in [-0.2, -0.15) is 0 Å². The smallest absolute Gasteiger partial charge is 0.119 e. The number of phenols is 2. The molecule has 0 amide bonds. The molecule has 3 heteroatoms. The van der Waals surface area contributed by atoms with Crippen LogP contribution in [0.1, 0.15) is 11.1 Å². The highest BCUT2D eigenvalue weighted by atomic mass is 35.5. The van der Waals surface area contributed by atoms with Crippen molar-refractivity contribution in [2.45, 2.75) is 0 Å². The molecule has 0 aliphatic carbocycles. The molecule has 2 N–H and O–H groups in total. The first-order valence-corrected chi connectivity index (χ1v) is 5.48. The molecule has 0 radical (unpaired) electrons. The Morgan fingerprint density at radius 2 is 1.29 bits per heavy atom. The summed E-state index contributed by atoms with van der Waals surface area (Å²) in [6.07, 6.45) is 3.69. The summed E-state index contributed by atoms with van der Waals surface area (Å²) < 4.78 is 0. The Morgan fingerprint density at radius 3 is 1.88 bits per heavy atom. The Balaban J connectivity index is 2.22. The number of phenolic OH excluding ortho intramolecular Hbond substituents is 2. The molecule has 2 aromatic rings. The summed E-state index contributed by atoms with van der Waals surface area (Å²) in [5, 5.41) is 19.3. The van der Waals surface area contributed by atoms with Crippen molar-refractivity contribution in [3.8, 4) is 11.5 Å². The summed E-state index contributed by atoms with van der Waals surface area (Å²) in [6, 6.07) is 11.8. The fourth-order valence-corrected chi connectivity index (χ4v) is 1.61. The van der Waals surface area contributed by atoms with Crippen LogP contribution in [0.25, 0.3) is 12.2 Å². The summed E-state index contributed by atoms with van der Waals surface area (Å²) in [6.45, 7) is 0. The van der Waals surface area contributed by atoms with Gasteiger partial charge < -0.3 is 10.2 Å². The van der Waals surface area contributed by atoms with Gasteiger partial charge in [-0.1, -0.05) is 35.9 Å².